The largest absolute Gasteiger partial charge is 0.355 e. The van der Waals surface area contributed by atoms with Crippen molar-refractivity contribution < 1.29 is 14.1 Å². The topological polar surface area (TPSA) is 101 Å². The second-order valence-corrected chi connectivity index (χ2v) is 6.16. The number of amides is 2. The highest BCUT2D eigenvalue weighted by atomic mass is 16.5. The molecule has 0 aromatic carbocycles. The molecule has 2 aromatic rings. The van der Waals surface area contributed by atoms with Crippen molar-refractivity contribution in [3.05, 3.63) is 30.4 Å². The number of carbonyl (C=O) groups excluding carboxylic acids is 2. The minimum absolute atomic E-state index is 0.0286. The number of hydrogen-bond donors (Lipinski definition) is 1. The quantitative estimate of drug-likeness (QED) is 0.865. The molecule has 2 aliphatic heterocycles. The lowest BCUT2D eigenvalue weighted by molar-refractivity contribution is -0.130. The fourth-order valence-electron chi connectivity index (χ4n) is 3.29. The number of nitrogens with zero attached hydrogens (tertiary/aromatic N) is 4. The Bertz CT molecular complexity index is 760. The van der Waals surface area contributed by atoms with Gasteiger partial charge >= 0.3 is 0 Å². The van der Waals surface area contributed by atoms with E-state index >= 15 is 0 Å². The van der Waals surface area contributed by atoms with Crippen LogP contribution in [0.4, 0.5) is 0 Å². The molecule has 2 atom stereocenters. The van der Waals surface area contributed by atoms with E-state index in [1.165, 1.54) is 0 Å². The summed E-state index contributed by atoms with van der Waals surface area (Å²) in [5, 5.41) is 6.77. The minimum atomic E-state index is -0.0457. The van der Waals surface area contributed by atoms with Crippen LogP contribution in [0.25, 0.3) is 11.4 Å². The molecule has 2 saturated heterocycles. The van der Waals surface area contributed by atoms with Gasteiger partial charge in [-0.25, -0.2) is 0 Å². The maximum atomic E-state index is 12.3. The van der Waals surface area contributed by atoms with Gasteiger partial charge in [0.15, 0.2) is 0 Å². The van der Waals surface area contributed by atoms with Crippen molar-refractivity contribution in [3.63, 3.8) is 0 Å². The van der Waals surface area contributed by atoms with Crippen molar-refractivity contribution in [2.45, 2.75) is 12.8 Å². The molecule has 124 valence electrons. The Kier molecular flexibility index (Phi) is 3.72. The lowest BCUT2D eigenvalue weighted by Crippen LogP contribution is -2.33. The number of fused-ring (bicyclic) bond motifs is 1. The van der Waals surface area contributed by atoms with Crippen molar-refractivity contribution in [2.24, 2.45) is 11.8 Å². The fourth-order valence-corrected chi connectivity index (χ4v) is 3.29. The maximum Gasteiger partial charge on any atom is 0.227 e. The van der Waals surface area contributed by atoms with E-state index in [4.69, 9.17) is 4.52 Å². The number of aryl methyl sites for hydroxylation is 1. The third kappa shape index (κ3) is 2.75. The Hall–Kier alpha value is -2.77. The van der Waals surface area contributed by atoms with Crippen LogP contribution in [0.5, 0.6) is 0 Å². The van der Waals surface area contributed by atoms with E-state index < -0.39 is 0 Å². The summed E-state index contributed by atoms with van der Waals surface area (Å²) in [4.78, 5) is 34.0. The first kappa shape index (κ1) is 14.8. The van der Waals surface area contributed by atoms with Crippen LogP contribution < -0.4 is 5.32 Å². The van der Waals surface area contributed by atoms with Gasteiger partial charge < -0.3 is 14.7 Å². The molecule has 8 heteroatoms. The highest BCUT2D eigenvalue weighted by Crippen LogP contribution is 2.27. The van der Waals surface area contributed by atoms with E-state index in [1.807, 2.05) is 0 Å². The van der Waals surface area contributed by atoms with Crippen molar-refractivity contribution in [2.75, 3.05) is 19.6 Å². The van der Waals surface area contributed by atoms with E-state index in [-0.39, 0.29) is 23.7 Å². The van der Waals surface area contributed by atoms with Crippen LogP contribution in [0.2, 0.25) is 0 Å². The highest BCUT2D eigenvalue weighted by molar-refractivity contribution is 5.84. The molecule has 0 spiro atoms. The van der Waals surface area contributed by atoms with Crippen molar-refractivity contribution in [3.8, 4) is 11.4 Å². The molecule has 0 radical (unpaired) electrons. The van der Waals surface area contributed by atoms with Gasteiger partial charge in [0.05, 0.1) is 5.92 Å². The third-order valence-corrected chi connectivity index (χ3v) is 4.63. The van der Waals surface area contributed by atoms with Crippen LogP contribution in [0.3, 0.4) is 0 Å². The fraction of sp³-hybridized carbons (Fsp3) is 0.438. The number of hydrogen-bond acceptors (Lipinski definition) is 6. The van der Waals surface area contributed by atoms with Gasteiger partial charge in [0.1, 0.15) is 0 Å². The van der Waals surface area contributed by atoms with Gasteiger partial charge in [-0.3, -0.25) is 14.6 Å². The second kappa shape index (κ2) is 6.03. The zero-order chi connectivity index (χ0) is 16.5. The normalized spacial score (nSPS) is 22.5. The maximum absolute atomic E-state index is 12.3. The predicted octanol–water partition coefficient (Wildman–Crippen LogP) is 0.269. The molecule has 2 aromatic heterocycles. The van der Waals surface area contributed by atoms with Crippen LogP contribution in [0.15, 0.2) is 29.0 Å². The molecule has 2 aliphatic rings. The molecule has 2 fully saturated rings. The summed E-state index contributed by atoms with van der Waals surface area (Å²) in [6, 6.07) is 3.60. The van der Waals surface area contributed by atoms with E-state index in [9.17, 15) is 9.59 Å². The number of rotatable bonds is 4. The average Bonchev–Trinajstić information content (AvgIpc) is 3.31. The molecular weight excluding hydrogens is 310 g/mol. The summed E-state index contributed by atoms with van der Waals surface area (Å²) in [6.07, 6.45) is 4.03. The molecule has 4 heterocycles. The van der Waals surface area contributed by atoms with Gasteiger partial charge in [0.25, 0.3) is 0 Å². The Morgan fingerprint density at radius 1 is 1.33 bits per heavy atom. The average molecular weight is 327 g/mol. The lowest BCUT2D eigenvalue weighted by atomic mass is 10.0. The summed E-state index contributed by atoms with van der Waals surface area (Å²) in [5.41, 5.74) is 0.824. The van der Waals surface area contributed by atoms with E-state index in [0.29, 0.717) is 44.2 Å². The molecule has 8 nitrogen and oxygen atoms in total. The first-order valence-electron chi connectivity index (χ1n) is 7.99. The van der Waals surface area contributed by atoms with Crippen LogP contribution >= 0.6 is 0 Å². The summed E-state index contributed by atoms with van der Waals surface area (Å²) < 4.78 is 5.21. The van der Waals surface area contributed by atoms with Gasteiger partial charge in [0.2, 0.25) is 23.5 Å². The smallest absolute Gasteiger partial charge is 0.227 e. The molecule has 0 bridgehead atoms. The summed E-state index contributed by atoms with van der Waals surface area (Å²) in [5.74, 6) is 1.23. The molecule has 4 rings (SSSR count). The molecule has 0 saturated carbocycles. The SMILES string of the molecule is O=C1NC[C@H]2CN(C(=O)CCc3nc(-c4ccncc4)no3)C[C@@H]12. The van der Waals surface area contributed by atoms with Crippen molar-refractivity contribution in [1.82, 2.24) is 25.3 Å². The number of pyridine rings is 1. The van der Waals surface area contributed by atoms with E-state index in [1.54, 1.807) is 29.4 Å². The van der Waals surface area contributed by atoms with E-state index in [0.717, 1.165) is 5.56 Å². The van der Waals surface area contributed by atoms with Gasteiger partial charge in [-0.1, -0.05) is 5.16 Å². The lowest BCUT2D eigenvalue weighted by Gasteiger charge is -2.16. The van der Waals surface area contributed by atoms with Crippen LogP contribution in [0, 0.1) is 11.8 Å². The summed E-state index contributed by atoms with van der Waals surface area (Å²) in [7, 11) is 0. The first-order valence-corrected chi connectivity index (χ1v) is 7.99. The number of aromatic nitrogens is 3. The Morgan fingerprint density at radius 3 is 2.96 bits per heavy atom. The Balaban J connectivity index is 1.33. The summed E-state index contributed by atoms with van der Waals surface area (Å²) in [6.45, 7) is 1.84. The standard InChI is InChI=1S/C16H17N5O3/c22-14(21-8-11-7-18-16(23)12(11)9-21)2-1-13-19-15(20-24-13)10-3-5-17-6-4-10/h3-6,11-12H,1-2,7-9H2,(H,18,23)/t11-,12+/m0/s1. The van der Waals surface area contributed by atoms with Crippen LogP contribution in [0.1, 0.15) is 12.3 Å². The Morgan fingerprint density at radius 2 is 2.17 bits per heavy atom. The highest BCUT2D eigenvalue weighted by Gasteiger charge is 2.43. The molecular formula is C16H17N5O3. The van der Waals surface area contributed by atoms with Crippen LogP contribution in [-0.2, 0) is 16.0 Å². The van der Waals surface area contributed by atoms with Crippen molar-refractivity contribution >= 4 is 11.8 Å². The number of likely N-dealkylation sites (tertiary alicyclic amines) is 1. The van der Waals surface area contributed by atoms with Crippen molar-refractivity contribution in [1.29, 1.82) is 0 Å². The molecule has 24 heavy (non-hydrogen) atoms. The molecule has 2 amide bonds. The van der Waals surface area contributed by atoms with Gasteiger partial charge in [0, 0.05) is 56.4 Å². The van der Waals surface area contributed by atoms with E-state index in [2.05, 4.69) is 20.4 Å². The molecule has 1 N–H and O–H groups in total. The number of carbonyl (C=O) groups is 2. The third-order valence-electron chi connectivity index (χ3n) is 4.63. The van der Waals surface area contributed by atoms with Gasteiger partial charge in [-0.05, 0) is 12.1 Å². The Labute approximate surface area is 138 Å². The summed E-state index contributed by atoms with van der Waals surface area (Å²) >= 11 is 0. The minimum Gasteiger partial charge on any atom is -0.355 e. The van der Waals surface area contributed by atoms with Gasteiger partial charge in [-0.2, -0.15) is 4.98 Å². The molecule has 0 aliphatic carbocycles. The monoisotopic (exact) mass is 327 g/mol. The first-order chi connectivity index (χ1) is 11.7. The zero-order valence-electron chi connectivity index (χ0n) is 13.0. The number of nitrogens with one attached hydrogen (secondary N) is 1. The predicted molar refractivity (Wildman–Crippen MR) is 82.4 cm³/mol. The van der Waals surface area contributed by atoms with Crippen LogP contribution in [-0.4, -0.2) is 51.5 Å². The second-order valence-electron chi connectivity index (χ2n) is 6.16. The van der Waals surface area contributed by atoms with Gasteiger partial charge in [-0.15, -0.1) is 0 Å². The molecule has 0 unspecified atom stereocenters. The zero-order valence-corrected chi connectivity index (χ0v) is 13.0.